The average Bonchev–Trinajstić information content (AvgIpc) is 2.80. The third-order valence-electron chi connectivity index (χ3n) is 2.86. The Bertz CT molecular complexity index is 371. The van der Waals surface area contributed by atoms with E-state index in [1.54, 1.807) is 23.1 Å². The standard InChI is InChI=1S/C14H23NO2S2/c1-14(2,3)12(6-7-16)15-13(17)10-18-9-11-5-4-8-19-11/h4-5,8,12,16H,6-7,9-10H2,1-3H3,(H,15,17). The maximum absolute atomic E-state index is 11.9. The summed E-state index contributed by atoms with van der Waals surface area (Å²) in [6, 6.07) is 4.13. The van der Waals surface area contributed by atoms with E-state index < -0.39 is 0 Å². The molecule has 1 unspecified atom stereocenters. The molecule has 0 saturated heterocycles. The SMILES string of the molecule is CC(C)(C)C(CCO)NC(=O)CSCc1cccs1. The van der Waals surface area contributed by atoms with Crippen molar-refractivity contribution in [2.24, 2.45) is 5.41 Å². The number of thiophene rings is 1. The molecule has 2 N–H and O–H groups in total. The molecule has 1 amide bonds. The van der Waals surface area contributed by atoms with E-state index in [-0.39, 0.29) is 24.0 Å². The summed E-state index contributed by atoms with van der Waals surface area (Å²) in [5.74, 6) is 1.40. The first-order valence-corrected chi connectivity index (χ1v) is 8.47. The van der Waals surface area contributed by atoms with Gasteiger partial charge in [-0.15, -0.1) is 23.1 Å². The molecule has 0 bridgehead atoms. The van der Waals surface area contributed by atoms with Crippen LogP contribution in [0.25, 0.3) is 0 Å². The molecule has 19 heavy (non-hydrogen) atoms. The highest BCUT2D eigenvalue weighted by molar-refractivity contribution is 7.99. The first-order chi connectivity index (χ1) is 8.93. The number of rotatable bonds is 7. The molecule has 1 aromatic heterocycles. The molecule has 0 fully saturated rings. The number of aliphatic hydroxyl groups is 1. The number of nitrogens with one attached hydrogen (secondary N) is 1. The highest BCUT2D eigenvalue weighted by Crippen LogP contribution is 2.22. The predicted molar refractivity (Wildman–Crippen MR) is 83.6 cm³/mol. The van der Waals surface area contributed by atoms with Gasteiger partial charge in [0.15, 0.2) is 0 Å². The Balaban J connectivity index is 2.32. The van der Waals surface area contributed by atoms with Crippen LogP contribution in [0.1, 0.15) is 32.1 Å². The number of thioether (sulfide) groups is 1. The second-order valence-corrected chi connectivity index (χ2v) is 7.59. The fraction of sp³-hybridized carbons (Fsp3) is 0.643. The average molecular weight is 301 g/mol. The Morgan fingerprint density at radius 1 is 1.53 bits per heavy atom. The fourth-order valence-corrected chi connectivity index (χ4v) is 3.41. The van der Waals surface area contributed by atoms with E-state index in [1.165, 1.54) is 4.88 Å². The Morgan fingerprint density at radius 3 is 2.79 bits per heavy atom. The van der Waals surface area contributed by atoms with Crippen LogP contribution in [-0.4, -0.2) is 29.4 Å². The number of hydrogen-bond acceptors (Lipinski definition) is 4. The Morgan fingerprint density at radius 2 is 2.26 bits per heavy atom. The molecule has 0 radical (unpaired) electrons. The zero-order chi connectivity index (χ0) is 14.3. The van der Waals surface area contributed by atoms with Gasteiger partial charge in [0.05, 0.1) is 5.75 Å². The largest absolute Gasteiger partial charge is 0.396 e. The molecule has 0 aliphatic rings. The van der Waals surface area contributed by atoms with Crippen LogP contribution >= 0.6 is 23.1 Å². The number of aliphatic hydroxyl groups excluding tert-OH is 1. The Kier molecular flexibility index (Phi) is 6.89. The lowest BCUT2D eigenvalue weighted by atomic mass is 9.85. The predicted octanol–water partition coefficient (Wildman–Crippen LogP) is 2.89. The molecule has 1 atom stereocenters. The van der Waals surface area contributed by atoms with E-state index in [2.05, 4.69) is 32.2 Å². The van der Waals surface area contributed by atoms with Crippen LogP contribution < -0.4 is 5.32 Å². The van der Waals surface area contributed by atoms with Gasteiger partial charge in [0.25, 0.3) is 0 Å². The van der Waals surface area contributed by atoms with E-state index in [4.69, 9.17) is 5.11 Å². The quantitative estimate of drug-likeness (QED) is 0.814. The highest BCUT2D eigenvalue weighted by atomic mass is 32.2. The van der Waals surface area contributed by atoms with Gasteiger partial charge >= 0.3 is 0 Å². The lowest BCUT2D eigenvalue weighted by Crippen LogP contribution is -2.45. The molecular weight excluding hydrogens is 278 g/mol. The van der Waals surface area contributed by atoms with Crippen molar-refractivity contribution in [2.75, 3.05) is 12.4 Å². The first kappa shape index (κ1) is 16.5. The molecule has 0 aliphatic carbocycles. The normalized spacial score (nSPS) is 13.3. The van der Waals surface area contributed by atoms with Crippen LogP contribution in [-0.2, 0) is 10.5 Å². The number of hydrogen-bond donors (Lipinski definition) is 2. The second-order valence-electron chi connectivity index (χ2n) is 5.57. The van der Waals surface area contributed by atoms with Gasteiger partial charge in [0.2, 0.25) is 5.91 Å². The lowest BCUT2D eigenvalue weighted by molar-refractivity contribution is -0.120. The van der Waals surface area contributed by atoms with E-state index in [0.717, 1.165) is 5.75 Å². The maximum atomic E-state index is 11.9. The van der Waals surface area contributed by atoms with Crippen molar-refractivity contribution in [3.63, 3.8) is 0 Å². The fourth-order valence-electron chi connectivity index (χ4n) is 1.73. The minimum atomic E-state index is -0.0309. The van der Waals surface area contributed by atoms with Crippen LogP contribution in [0.3, 0.4) is 0 Å². The van der Waals surface area contributed by atoms with E-state index in [1.807, 2.05) is 11.4 Å². The summed E-state index contributed by atoms with van der Waals surface area (Å²) in [6.45, 7) is 6.33. The molecule has 1 rings (SSSR count). The Labute approximate surface area is 123 Å². The second kappa shape index (κ2) is 7.92. The number of carbonyl (C=O) groups is 1. The summed E-state index contributed by atoms with van der Waals surface area (Å²) in [7, 11) is 0. The van der Waals surface area contributed by atoms with Crippen LogP contribution in [0.4, 0.5) is 0 Å². The molecule has 1 aromatic rings. The monoisotopic (exact) mass is 301 g/mol. The molecule has 1 heterocycles. The third kappa shape index (κ3) is 6.45. The van der Waals surface area contributed by atoms with Gasteiger partial charge in [-0.2, -0.15) is 0 Å². The van der Waals surface area contributed by atoms with Gasteiger partial charge in [0, 0.05) is 23.3 Å². The summed E-state index contributed by atoms with van der Waals surface area (Å²) in [5.41, 5.74) is -0.0309. The maximum Gasteiger partial charge on any atom is 0.230 e. The van der Waals surface area contributed by atoms with Gasteiger partial charge < -0.3 is 10.4 Å². The molecule has 3 nitrogen and oxygen atoms in total. The van der Waals surface area contributed by atoms with Crippen LogP contribution in [0.2, 0.25) is 0 Å². The summed E-state index contributed by atoms with van der Waals surface area (Å²) < 4.78 is 0. The van der Waals surface area contributed by atoms with E-state index >= 15 is 0 Å². The number of amides is 1. The molecule has 0 saturated carbocycles. The highest BCUT2D eigenvalue weighted by Gasteiger charge is 2.25. The van der Waals surface area contributed by atoms with Gasteiger partial charge in [-0.1, -0.05) is 26.8 Å². The zero-order valence-electron chi connectivity index (χ0n) is 11.8. The first-order valence-electron chi connectivity index (χ1n) is 6.44. The van der Waals surface area contributed by atoms with Crippen molar-refractivity contribution >= 4 is 29.0 Å². The topological polar surface area (TPSA) is 49.3 Å². The smallest absolute Gasteiger partial charge is 0.230 e. The summed E-state index contributed by atoms with van der Waals surface area (Å²) in [4.78, 5) is 13.2. The van der Waals surface area contributed by atoms with Crippen LogP contribution in [0, 0.1) is 5.41 Å². The van der Waals surface area contributed by atoms with Crippen molar-refractivity contribution in [3.05, 3.63) is 22.4 Å². The van der Waals surface area contributed by atoms with Gasteiger partial charge in [-0.25, -0.2) is 0 Å². The third-order valence-corrected chi connectivity index (χ3v) is 4.90. The van der Waals surface area contributed by atoms with Gasteiger partial charge in [-0.3, -0.25) is 4.79 Å². The van der Waals surface area contributed by atoms with Crippen molar-refractivity contribution in [1.82, 2.24) is 5.32 Å². The number of carbonyl (C=O) groups excluding carboxylic acids is 1. The van der Waals surface area contributed by atoms with Crippen molar-refractivity contribution in [2.45, 2.75) is 39.0 Å². The van der Waals surface area contributed by atoms with Crippen molar-refractivity contribution in [3.8, 4) is 0 Å². The van der Waals surface area contributed by atoms with Crippen LogP contribution in [0.15, 0.2) is 17.5 Å². The Hall–Kier alpha value is -0.520. The van der Waals surface area contributed by atoms with E-state index in [0.29, 0.717) is 12.2 Å². The summed E-state index contributed by atoms with van der Waals surface area (Å²) in [5, 5.41) is 14.1. The molecule has 0 spiro atoms. The minimum absolute atomic E-state index is 0.0207. The molecule has 0 aromatic carbocycles. The van der Waals surface area contributed by atoms with Crippen LogP contribution in [0.5, 0.6) is 0 Å². The zero-order valence-corrected chi connectivity index (χ0v) is 13.4. The summed E-state index contributed by atoms with van der Waals surface area (Å²) in [6.07, 6.45) is 0.602. The summed E-state index contributed by atoms with van der Waals surface area (Å²) >= 11 is 3.34. The van der Waals surface area contributed by atoms with E-state index in [9.17, 15) is 4.79 Å². The molecule has 108 valence electrons. The molecule has 5 heteroatoms. The molecule has 0 aliphatic heterocycles. The van der Waals surface area contributed by atoms with Gasteiger partial charge in [-0.05, 0) is 23.3 Å². The lowest BCUT2D eigenvalue weighted by Gasteiger charge is -2.31. The minimum Gasteiger partial charge on any atom is -0.396 e. The molecular formula is C14H23NO2S2. The van der Waals surface area contributed by atoms with Gasteiger partial charge in [0.1, 0.15) is 0 Å². The van der Waals surface area contributed by atoms with Crippen molar-refractivity contribution in [1.29, 1.82) is 0 Å². The van der Waals surface area contributed by atoms with Crippen molar-refractivity contribution < 1.29 is 9.90 Å².